The van der Waals surface area contributed by atoms with Crippen LogP contribution in [-0.2, 0) is 9.53 Å². The SMILES string of the molecule is CCOC(=O)N1C(C)CCC1CC(CC)N1CCC(N(C(C)=O)C2CCC2)CC1. The van der Waals surface area contributed by atoms with Crippen molar-refractivity contribution in [3.63, 3.8) is 0 Å². The van der Waals surface area contributed by atoms with Gasteiger partial charge in [0.15, 0.2) is 0 Å². The minimum absolute atomic E-state index is 0.145. The first-order chi connectivity index (χ1) is 14.0. The van der Waals surface area contributed by atoms with E-state index in [9.17, 15) is 9.59 Å². The first-order valence-electron chi connectivity index (χ1n) is 11.9. The summed E-state index contributed by atoms with van der Waals surface area (Å²) in [4.78, 5) is 31.5. The first kappa shape index (κ1) is 22.4. The molecule has 6 heteroatoms. The summed E-state index contributed by atoms with van der Waals surface area (Å²) < 4.78 is 5.32. The number of likely N-dealkylation sites (tertiary alicyclic amines) is 2. The minimum atomic E-state index is -0.145. The van der Waals surface area contributed by atoms with Gasteiger partial charge < -0.3 is 19.4 Å². The third-order valence-corrected chi connectivity index (χ3v) is 7.52. The minimum Gasteiger partial charge on any atom is -0.450 e. The second kappa shape index (κ2) is 10.1. The number of ether oxygens (including phenoxy) is 1. The molecule has 0 aromatic heterocycles. The number of hydrogen-bond donors (Lipinski definition) is 0. The lowest BCUT2D eigenvalue weighted by atomic mass is 9.88. The van der Waals surface area contributed by atoms with Gasteiger partial charge >= 0.3 is 6.09 Å². The summed E-state index contributed by atoms with van der Waals surface area (Å²) >= 11 is 0. The maximum Gasteiger partial charge on any atom is 0.410 e. The normalized spacial score (nSPS) is 27.5. The highest BCUT2D eigenvalue weighted by atomic mass is 16.6. The van der Waals surface area contributed by atoms with Crippen molar-refractivity contribution in [2.75, 3.05) is 19.7 Å². The van der Waals surface area contributed by atoms with Gasteiger partial charge in [0.2, 0.25) is 5.91 Å². The van der Waals surface area contributed by atoms with Gasteiger partial charge in [-0.3, -0.25) is 4.79 Å². The van der Waals surface area contributed by atoms with E-state index in [1.54, 1.807) is 6.92 Å². The van der Waals surface area contributed by atoms with Crippen LogP contribution in [0, 0.1) is 0 Å². The zero-order valence-electron chi connectivity index (χ0n) is 18.9. The molecule has 2 aliphatic heterocycles. The summed E-state index contributed by atoms with van der Waals surface area (Å²) in [6.07, 6.45) is 9.92. The van der Waals surface area contributed by atoms with Crippen LogP contribution >= 0.6 is 0 Å². The second-order valence-electron chi connectivity index (χ2n) is 9.26. The molecule has 2 saturated heterocycles. The molecule has 3 fully saturated rings. The van der Waals surface area contributed by atoms with Crippen molar-refractivity contribution in [1.29, 1.82) is 0 Å². The highest BCUT2D eigenvalue weighted by Crippen LogP contribution is 2.33. The summed E-state index contributed by atoms with van der Waals surface area (Å²) in [5.41, 5.74) is 0. The maximum absolute atomic E-state index is 12.4. The molecule has 0 bridgehead atoms. The largest absolute Gasteiger partial charge is 0.450 e. The van der Waals surface area contributed by atoms with Gasteiger partial charge in [-0.15, -0.1) is 0 Å². The smallest absolute Gasteiger partial charge is 0.410 e. The molecule has 2 heterocycles. The Hall–Kier alpha value is -1.30. The number of carbonyl (C=O) groups excluding carboxylic acids is 2. The average molecular weight is 408 g/mol. The Balaban J connectivity index is 1.56. The molecule has 166 valence electrons. The Morgan fingerprint density at radius 2 is 1.69 bits per heavy atom. The van der Waals surface area contributed by atoms with E-state index in [0.29, 0.717) is 24.7 Å². The van der Waals surface area contributed by atoms with Crippen LogP contribution in [0.15, 0.2) is 0 Å². The molecule has 3 unspecified atom stereocenters. The van der Waals surface area contributed by atoms with Gasteiger partial charge in [-0.2, -0.15) is 0 Å². The van der Waals surface area contributed by atoms with Gasteiger partial charge in [0.05, 0.1) is 6.61 Å². The lowest BCUT2D eigenvalue weighted by Gasteiger charge is -2.47. The Labute approximate surface area is 176 Å². The quantitative estimate of drug-likeness (QED) is 0.639. The lowest BCUT2D eigenvalue weighted by molar-refractivity contribution is -0.137. The fourth-order valence-electron chi connectivity index (χ4n) is 5.72. The summed E-state index contributed by atoms with van der Waals surface area (Å²) in [7, 11) is 0. The van der Waals surface area contributed by atoms with Gasteiger partial charge in [-0.05, 0) is 71.6 Å². The van der Waals surface area contributed by atoms with E-state index in [-0.39, 0.29) is 24.1 Å². The van der Waals surface area contributed by atoms with E-state index in [0.717, 1.165) is 51.6 Å². The van der Waals surface area contributed by atoms with Crippen LogP contribution in [0.5, 0.6) is 0 Å². The molecule has 3 aliphatic rings. The topological polar surface area (TPSA) is 53.1 Å². The van der Waals surface area contributed by atoms with Crippen molar-refractivity contribution in [2.24, 2.45) is 0 Å². The van der Waals surface area contributed by atoms with Crippen molar-refractivity contribution in [3.05, 3.63) is 0 Å². The molecule has 0 aromatic rings. The summed E-state index contributed by atoms with van der Waals surface area (Å²) in [6, 6.07) is 1.96. The van der Waals surface area contributed by atoms with Gasteiger partial charge in [0.1, 0.15) is 0 Å². The molecular weight excluding hydrogens is 366 g/mol. The van der Waals surface area contributed by atoms with Crippen LogP contribution in [0.25, 0.3) is 0 Å². The zero-order chi connectivity index (χ0) is 21.0. The van der Waals surface area contributed by atoms with E-state index in [1.807, 2.05) is 11.8 Å². The first-order valence-corrected chi connectivity index (χ1v) is 11.9. The van der Waals surface area contributed by atoms with Crippen molar-refractivity contribution < 1.29 is 14.3 Å². The molecule has 1 saturated carbocycles. The van der Waals surface area contributed by atoms with E-state index in [2.05, 4.69) is 23.6 Å². The Morgan fingerprint density at radius 3 is 2.21 bits per heavy atom. The molecule has 0 spiro atoms. The summed E-state index contributed by atoms with van der Waals surface area (Å²) in [5.74, 6) is 0.255. The molecule has 1 aliphatic carbocycles. The van der Waals surface area contributed by atoms with Crippen LogP contribution in [0.3, 0.4) is 0 Å². The van der Waals surface area contributed by atoms with Crippen LogP contribution in [0.4, 0.5) is 4.79 Å². The molecular formula is C23H41N3O3. The monoisotopic (exact) mass is 407 g/mol. The molecule has 29 heavy (non-hydrogen) atoms. The Bertz CT molecular complexity index is 558. The van der Waals surface area contributed by atoms with E-state index >= 15 is 0 Å². The predicted molar refractivity (Wildman–Crippen MR) is 115 cm³/mol. The summed E-state index contributed by atoms with van der Waals surface area (Å²) in [5, 5.41) is 0. The van der Waals surface area contributed by atoms with Gasteiger partial charge in [0.25, 0.3) is 0 Å². The third-order valence-electron chi connectivity index (χ3n) is 7.52. The highest BCUT2D eigenvalue weighted by molar-refractivity contribution is 5.74. The van der Waals surface area contributed by atoms with Gasteiger partial charge in [-0.25, -0.2) is 4.79 Å². The second-order valence-corrected chi connectivity index (χ2v) is 9.26. The molecule has 0 N–H and O–H groups in total. The van der Waals surface area contributed by atoms with Crippen molar-refractivity contribution in [1.82, 2.24) is 14.7 Å². The zero-order valence-corrected chi connectivity index (χ0v) is 18.9. The number of nitrogens with zero attached hydrogens (tertiary/aromatic N) is 3. The molecule has 2 amide bonds. The predicted octanol–water partition coefficient (Wildman–Crippen LogP) is 4.03. The molecule has 0 radical (unpaired) electrons. The van der Waals surface area contributed by atoms with E-state index < -0.39 is 0 Å². The van der Waals surface area contributed by atoms with Crippen LogP contribution in [0.2, 0.25) is 0 Å². The van der Waals surface area contributed by atoms with Crippen molar-refractivity contribution in [2.45, 2.75) is 116 Å². The Morgan fingerprint density at radius 1 is 1.03 bits per heavy atom. The summed E-state index contributed by atoms with van der Waals surface area (Å²) in [6.45, 7) is 10.6. The molecule has 6 nitrogen and oxygen atoms in total. The number of rotatable bonds is 7. The molecule has 3 rings (SSSR count). The fourth-order valence-corrected chi connectivity index (χ4v) is 5.72. The average Bonchev–Trinajstić information content (AvgIpc) is 3.03. The van der Waals surface area contributed by atoms with E-state index in [1.165, 1.54) is 19.3 Å². The Kier molecular flexibility index (Phi) is 7.83. The standard InChI is InChI=1S/C23H41N3O3/c1-5-19(16-22-11-10-17(3)25(22)23(28)29-6-2)24-14-12-21(13-15-24)26(18(4)27)20-8-7-9-20/h17,19-22H,5-16H2,1-4H3. The number of piperidine rings is 1. The third kappa shape index (κ3) is 5.07. The van der Waals surface area contributed by atoms with E-state index in [4.69, 9.17) is 4.74 Å². The lowest BCUT2D eigenvalue weighted by Crippen LogP contribution is -2.54. The van der Waals surface area contributed by atoms with Crippen LogP contribution in [-0.4, -0.2) is 76.6 Å². The maximum atomic E-state index is 12.4. The molecule has 3 atom stereocenters. The highest BCUT2D eigenvalue weighted by Gasteiger charge is 2.39. The van der Waals surface area contributed by atoms with Crippen LogP contribution < -0.4 is 0 Å². The van der Waals surface area contributed by atoms with Gasteiger partial charge in [0, 0.05) is 50.2 Å². The van der Waals surface area contributed by atoms with Crippen molar-refractivity contribution >= 4 is 12.0 Å². The van der Waals surface area contributed by atoms with Crippen molar-refractivity contribution in [3.8, 4) is 0 Å². The van der Waals surface area contributed by atoms with Gasteiger partial charge in [-0.1, -0.05) is 6.92 Å². The number of amides is 2. The number of carbonyl (C=O) groups is 2. The molecule has 0 aromatic carbocycles. The fraction of sp³-hybridized carbons (Fsp3) is 0.913. The number of hydrogen-bond acceptors (Lipinski definition) is 4. The van der Waals surface area contributed by atoms with Crippen LogP contribution in [0.1, 0.15) is 85.5 Å².